The zero-order chi connectivity index (χ0) is 14.6. The summed E-state index contributed by atoms with van der Waals surface area (Å²) in [5, 5.41) is 4.00. The van der Waals surface area contributed by atoms with Crippen molar-refractivity contribution in [1.82, 2.24) is 15.1 Å². The topological polar surface area (TPSA) is 77.8 Å². The maximum atomic E-state index is 5.62. The van der Waals surface area contributed by atoms with Crippen LogP contribution < -0.4 is 5.73 Å². The van der Waals surface area contributed by atoms with Crippen LogP contribution in [0.4, 0.5) is 0 Å². The van der Waals surface area contributed by atoms with Crippen LogP contribution in [0.1, 0.15) is 38.1 Å². The van der Waals surface area contributed by atoms with Crippen LogP contribution in [0.25, 0.3) is 11.5 Å². The standard InChI is InChI=1S/C15H22N4O/c1-11-5-9-17-12(10-11)14-18-13(20-19-14)4-6-15(2,3)7-8-16/h5,9-10H,4,6-8,16H2,1-3H3. The quantitative estimate of drug-likeness (QED) is 0.876. The van der Waals surface area contributed by atoms with Crippen molar-refractivity contribution < 1.29 is 4.52 Å². The molecule has 0 aliphatic carbocycles. The molecule has 2 aromatic heterocycles. The molecule has 0 radical (unpaired) electrons. The molecule has 0 saturated carbocycles. The second kappa shape index (κ2) is 6.13. The van der Waals surface area contributed by atoms with Gasteiger partial charge in [-0.15, -0.1) is 0 Å². The molecule has 108 valence electrons. The fraction of sp³-hybridized carbons (Fsp3) is 0.533. The van der Waals surface area contributed by atoms with Crippen molar-refractivity contribution >= 4 is 0 Å². The number of aryl methyl sites for hydroxylation is 2. The lowest BCUT2D eigenvalue weighted by atomic mass is 9.84. The van der Waals surface area contributed by atoms with E-state index in [1.807, 2.05) is 19.1 Å². The minimum Gasteiger partial charge on any atom is -0.339 e. The van der Waals surface area contributed by atoms with Crippen molar-refractivity contribution in [1.29, 1.82) is 0 Å². The Bertz CT molecular complexity index is 563. The van der Waals surface area contributed by atoms with Crippen molar-refractivity contribution in [3.05, 3.63) is 29.8 Å². The summed E-state index contributed by atoms with van der Waals surface area (Å²) in [7, 11) is 0. The van der Waals surface area contributed by atoms with E-state index < -0.39 is 0 Å². The Balaban J connectivity index is 2.03. The molecule has 20 heavy (non-hydrogen) atoms. The summed E-state index contributed by atoms with van der Waals surface area (Å²) in [6, 6.07) is 3.90. The third kappa shape index (κ3) is 3.87. The summed E-state index contributed by atoms with van der Waals surface area (Å²) in [4.78, 5) is 8.67. The highest BCUT2D eigenvalue weighted by molar-refractivity contribution is 5.48. The summed E-state index contributed by atoms with van der Waals surface area (Å²) in [5.74, 6) is 1.22. The number of nitrogens with two attached hydrogens (primary N) is 1. The molecule has 2 rings (SSSR count). The van der Waals surface area contributed by atoms with Gasteiger partial charge in [-0.2, -0.15) is 4.98 Å². The van der Waals surface area contributed by atoms with Gasteiger partial charge in [-0.25, -0.2) is 0 Å². The van der Waals surface area contributed by atoms with Gasteiger partial charge in [-0.3, -0.25) is 4.98 Å². The van der Waals surface area contributed by atoms with Gasteiger partial charge < -0.3 is 10.3 Å². The largest absolute Gasteiger partial charge is 0.339 e. The van der Waals surface area contributed by atoms with Gasteiger partial charge in [0, 0.05) is 12.6 Å². The Morgan fingerprint density at radius 3 is 2.80 bits per heavy atom. The molecular formula is C15H22N4O. The van der Waals surface area contributed by atoms with Gasteiger partial charge in [0.15, 0.2) is 0 Å². The molecule has 0 amide bonds. The van der Waals surface area contributed by atoms with Crippen LogP contribution in [0, 0.1) is 12.3 Å². The fourth-order valence-electron chi connectivity index (χ4n) is 2.08. The number of rotatable bonds is 6. The average Bonchev–Trinajstić information content (AvgIpc) is 2.85. The van der Waals surface area contributed by atoms with Gasteiger partial charge in [0.05, 0.1) is 0 Å². The monoisotopic (exact) mass is 274 g/mol. The van der Waals surface area contributed by atoms with E-state index >= 15 is 0 Å². The molecule has 0 saturated heterocycles. The Morgan fingerprint density at radius 1 is 1.30 bits per heavy atom. The minimum atomic E-state index is 0.199. The molecule has 5 nitrogen and oxygen atoms in total. The summed E-state index contributed by atoms with van der Waals surface area (Å²) >= 11 is 0. The van der Waals surface area contributed by atoms with E-state index in [-0.39, 0.29) is 5.41 Å². The lowest BCUT2D eigenvalue weighted by Gasteiger charge is -2.22. The summed E-state index contributed by atoms with van der Waals surface area (Å²) in [5.41, 5.74) is 7.70. The molecule has 0 aliphatic heterocycles. The van der Waals surface area contributed by atoms with Crippen LogP contribution in [0.5, 0.6) is 0 Å². The molecule has 0 atom stereocenters. The third-order valence-electron chi connectivity index (χ3n) is 3.45. The Morgan fingerprint density at radius 2 is 2.10 bits per heavy atom. The van der Waals surface area contributed by atoms with Crippen LogP contribution in [-0.2, 0) is 6.42 Å². The summed E-state index contributed by atoms with van der Waals surface area (Å²) < 4.78 is 5.30. The van der Waals surface area contributed by atoms with Crippen molar-refractivity contribution in [2.45, 2.75) is 40.0 Å². The first-order valence-corrected chi connectivity index (χ1v) is 6.96. The Hall–Kier alpha value is -1.75. The van der Waals surface area contributed by atoms with Crippen LogP contribution in [-0.4, -0.2) is 21.7 Å². The predicted molar refractivity (Wildman–Crippen MR) is 78.0 cm³/mol. The molecule has 0 aromatic carbocycles. The Kier molecular flexibility index (Phi) is 4.49. The molecule has 2 N–H and O–H groups in total. The zero-order valence-corrected chi connectivity index (χ0v) is 12.4. The number of aromatic nitrogens is 3. The van der Waals surface area contributed by atoms with Crippen molar-refractivity contribution in [2.75, 3.05) is 6.54 Å². The minimum absolute atomic E-state index is 0.199. The lowest BCUT2D eigenvalue weighted by Crippen LogP contribution is -2.17. The van der Waals surface area contributed by atoms with Crippen molar-refractivity contribution in [3.63, 3.8) is 0 Å². The first-order chi connectivity index (χ1) is 9.50. The highest BCUT2D eigenvalue weighted by Gasteiger charge is 2.19. The number of nitrogens with zero attached hydrogens (tertiary/aromatic N) is 3. The maximum absolute atomic E-state index is 5.62. The highest BCUT2D eigenvalue weighted by atomic mass is 16.5. The van der Waals surface area contributed by atoms with Gasteiger partial charge in [-0.05, 0) is 49.4 Å². The number of hydrogen-bond donors (Lipinski definition) is 1. The SMILES string of the molecule is Cc1ccnc(-c2noc(CCC(C)(C)CCN)n2)c1. The first-order valence-electron chi connectivity index (χ1n) is 6.96. The zero-order valence-electron chi connectivity index (χ0n) is 12.4. The fourth-order valence-corrected chi connectivity index (χ4v) is 2.08. The highest BCUT2D eigenvalue weighted by Crippen LogP contribution is 2.26. The number of pyridine rings is 1. The molecule has 0 aliphatic rings. The summed E-state index contributed by atoms with van der Waals surface area (Å²) in [6.07, 6.45) is 4.50. The Labute approximate surface area is 119 Å². The van der Waals surface area contributed by atoms with Gasteiger partial charge in [0.25, 0.3) is 0 Å². The summed E-state index contributed by atoms with van der Waals surface area (Å²) in [6.45, 7) is 7.13. The lowest BCUT2D eigenvalue weighted by molar-refractivity contribution is 0.289. The van der Waals surface area contributed by atoms with Crippen LogP contribution >= 0.6 is 0 Å². The van der Waals surface area contributed by atoms with E-state index in [4.69, 9.17) is 10.3 Å². The molecule has 0 unspecified atom stereocenters. The van der Waals surface area contributed by atoms with E-state index in [1.165, 1.54) is 0 Å². The van der Waals surface area contributed by atoms with Gasteiger partial charge >= 0.3 is 0 Å². The van der Waals surface area contributed by atoms with E-state index in [1.54, 1.807) is 6.20 Å². The predicted octanol–water partition coefficient (Wildman–Crippen LogP) is 2.75. The smallest absolute Gasteiger partial charge is 0.227 e. The van der Waals surface area contributed by atoms with Crippen molar-refractivity contribution in [2.24, 2.45) is 11.1 Å². The van der Waals surface area contributed by atoms with E-state index in [0.717, 1.165) is 30.5 Å². The van der Waals surface area contributed by atoms with Gasteiger partial charge in [-0.1, -0.05) is 19.0 Å². The molecule has 0 bridgehead atoms. The second-order valence-electron chi connectivity index (χ2n) is 5.93. The molecule has 2 aromatic rings. The maximum Gasteiger partial charge on any atom is 0.227 e. The van der Waals surface area contributed by atoms with Crippen LogP contribution in [0.2, 0.25) is 0 Å². The van der Waals surface area contributed by atoms with Gasteiger partial charge in [0.1, 0.15) is 5.69 Å². The van der Waals surface area contributed by atoms with E-state index in [9.17, 15) is 0 Å². The molecule has 0 spiro atoms. The van der Waals surface area contributed by atoms with E-state index in [0.29, 0.717) is 18.3 Å². The van der Waals surface area contributed by atoms with Gasteiger partial charge in [0.2, 0.25) is 11.7 Å². The number of hydrogen-bond acceptors (Lipinski definition) is 5. The molecule has 2 heterocycles. The van der Waals surface area contributed by atoms with E-state index in [2.05, 4.69) is 29.0 Å². The molecule has 0 fully saturated rings. The van der Waals surface area contributed by atoms with Crippen LogP contribution in [0.3, 0.4) is 0 Å². The molecular weight excluding hydrogens is 252 g/mol. The average molecular weight is 274 g/mol. The van der Waals surface area contributed by atoms with Crippen LogP contribution in [0.15, 0.2) is 22.9 Å². The third-order valence-corrected chi connectivity index (χ3v) is 3.45. The molecule has 5 heteroatoms. The first kappa shape index (κ1) is 14.7. The van der Waals surface area contributed by atoms with Crippen molar-refractivity contribution in [3.8, 4) is 11.5 Å². The normalized spacial score (nSPS) is 11.8. The second-order valence-corrected chi connectivity index (χ2v) is 5.93.